The van der Waals surface area contributed by atoms with E-state index in [-0.39, 0.29) is 11.3 Å². The van der Waals surface area contributed by atoms with Crippen molar-refractivity contribution in [2.45, 2.75) is 51.3 Å². The van der Waals surface area contributed by atoms with Gasteiger partial charge >= 0.3 is 0 Å². The van der Waals surface area contributed by atoms with Crippen LogP contribution in [0.15, 0.2) is 18.2 Å². The molecule has 0 spiro atoms. The minimum Gasteiger partial charge on any atom is -0.351 e. The van der Waals surface area contributed by atoms with Gasteiger partial charge in [-0.05, 0) is 48.4 Å². The number of fused-ring (bicyclic) bond motifs is 1. The summed E-state index contributed by atoms with van der Waals surface area (Å²) in [5.41, 5.74) is 3.49. The van der Waals surface area contributed by atoms with E-state index in [2.05, 4.69) is 25.2 Å². The Bertz CT molecular complexity index is 468. The summed E-state index contributed by atoms with van der Waals surface area (Å²) in [5, 5.41) is 2.99. The van der Waals surface area contributed by atoms with Crippen LogP contribution in [0.2, 0.25) is 0 Å². The second kappa shape index (κ2) is 7.12. The van der Waals surface area contributed by atoms with E-state index in [0.717, 1.165) is 31.2 Å². The largest absolute Gasteiger partial charge is 0.351 e. The van der Waals surface area contributed by atoms with Gasteiger partial charge in [0.25, 0.3) is 5.91 Å². The maximum absolute atomic E-state index is 12.2. The molecule has 0 fully saturated rings. The van der Waals surface area contributed by atoms with Gasteiger partial charge in [-0.25, -0.2) is 0 Å². The normalized spacial score (nSPS) is 15.2. The zero-order chi connectivity index (χ0) is 14.5. The van der Waals surface area contributed by atoms with E-state index >= 15 is 0 Å². The number of aryl methyl sites for hydroxylation is 2. The second-order valence-electron chi connectivity index (χ2n) is 5.64. The molecule has 2 nitrogen and oxygen atoms in total. The first-order chi connectivity index (χ1) is 9.65. The van der Waals surface area contributed by atoms with Crippen LogP contribution in [-0.4, -0.2) is 17.8 Å². The van der Waals surface area contributed by atoms with Crippen molar-refractivity contribution in [2.75, 3.05) is 6.54 Å². The Labute approximate surface area is 126 Å². The van der Waals surface area contributed by atoms with Crippen LogP contribution in [0, 0.1) is 5.92 Å². The highest BCUT2D eigenvalue weighted by Gasteiger charge is 2.18. The number of halogens is 1. The molecule has 0 radical (unpaired) electrons. The molecule has 0 saturated heterocycles. The molecule has 1 atom stereocenters. The molecule has 1 unspecified atom stereocenters. The van der Waals surface area contributed by atoms with Crippen LogP contribution in [0.4, 0.5) is 0 Å². The molecule has 110 valence electrons. The van der Waals surface area contributed by atoms with Gasteiger partial charge in [0.15, 0.2) is 0 Å². The third-order valence-corrected chi connectivity index (χ3v) is 4.89. The number of nitrogens with one attached hydrogen (secondary N) is 1. The van der Waals surface area contributed by atoms with Crippen LogP contribution in [0.25, 0.3) is 0 Å². The van der Waals surface area contributed by atoms with Gasteiger partial charge in [0, 0.05) is 12.1 Å². The van der Waals surface area contributed by atoms with Gasteiger partial charge in [-0.3, -0.25) is 4.79 Å². The van der Waals surface area contributed by atoms with E-state index in [0.29, 0.717) is 12.5 Å². The van der Waals surface area contributed by atoms with Crippen molar-refractivity contribution < 1.29 is 4.79 Å². The number of alkyl halides is 1. The summed E-state index contributed by atoms with van der Waals surface area (Å²) in [5.74, 6) is 0.466. The number of hydrogen-bond donors (Lipinski definition) is 1. The lowest BCUT2D eigenvalue weighted by Gasteiger charge is -2.19. The van der Waals surface area contributed by atoms with Crippen LogP contribution >= 0.6 is 11.6 Å². The van der Waals surface area contributed by atoms with Crippen LogP contribution in [0.3, 0.4) is 0 Å². The average Bonchev–Trinajstić information content (AvgIpc) is 2.93. The lowest BCUT2D eigenvalue weighted by molar-refractivity contribution is 0.0951. The minimum atomic E-state index is -0.00342. The predicted molar refractivity (Wildman–Crippen MR) is 84.5 cm³/mol. The van der Waals surface area contributed by atoms with Gasteiger partial charge in [0.05, 0.1) is 5.38 Å². The maximum atomic E-state index is 12.2. The van der Waals surface area contributed by atoms with Crippen molar-refractivity contribution in [3.8, 4) is 0 Å². The molecule has 1 aromatic carbocycles. The Kier molecular flexibility index (Phi) is 5.47. The molecule has 2 rings (SSSR count). The first-order valence-corrected chi connectivity index (χ1v) is 8.13. The maximum Gasteiger partial charge on any atom is 0.251 e. The van der Waals surface area contributed by atoms with Crippen molar-refractivity contribution in [3.05, 3.63) is 34.9 Å². The van der Waals surface area contributed by atoms with E-state index in [1.807, 2.05) is 12.1 Å². The molecule has 0 saturated carbocycles. The summed E-state index contributed by atoms with van der Waals surface area (Å²) in [4.78, 5) is 12.2. The van der Waals surface area contributed by atoms with Crippen molar-refractivity contribution in [2.24, 2.45) is 5.92 Å². The van der Waals surface area contributed by atoms with Crippen molar-refractivity contribution >= 4 is 17.5 Å². The highest BCUT2D eigenvalue weighted by atomic mass is 35.5. The Hall–Kier alpha value is -1.02. The first kappa shape index (κ1) is 15.4. The Morgan fingerprint density at radius 1 is 1.25 bits per heavy atom. The monoisotopic (exact) mass is 293 g/mol. The fraction of sp³-hybridized carbons (Fsp3) is 0.588. The molecule has 1 aliphatic carbocycles. The molecule has 0 aromatic heterocycles. The number of carbonyl (C=O) groups excluding carboxylic acids is 1. The van der Waals surface area contributed by atoms with Gasteiger partial charge in [0.2, 0.25) is 0 Å². The van der Waals surface area contributed by atoms with E-state index in [1.165, 1.54) is 17.5 Å². The molecule has 1 aromatic rings. The summed E-state index contributed by atoms with van der Waals surface area (Å²) >= 11 is 6.36. The van der Waals surface area contributed by atoms with Gasteiger partial charge in [-0.2, -0.15) is 0 Å². The zero-order valence-corrected chi connectivity index (χ0v) is 13.2. The molecule has 1 aliphatic rings. The van der Waals surface area contributed by atoms with Crippen LogP contribution < -0.4 is 5.32 Å². The molecular formula is C17H24ClNO. The number of benzene rings is 1. The lowest BCUT2D eigenvalue weighted by Crippen LogP contribution is -2.33. The van der Waals surface area contributed by atoms with Crippen molar-refractivity contribution in [1.82, 2.24) is 5.32 Å². The second-order valence-corrected chi connectivity index (χ2v) is 6.20. The summed E-state index contributed by atoms with van der Waals surface area (Å²) in [6, 6.07) is 6.06. The van der Waals surface area contributed by atoms with Gasteiger partial charge in [0.1, 0.15) is 0 Å². The number of hydrogen-bond acceptors (Lipinski definition) is 1. The van der Waals surface area contributed by atoms with Gasteiger partial charge in [-0.1, -0.05) is 32.8 Å². The number of rotatable bonds is 6. The molecule has 0 bridgehead atoms. The van der Waals surface area contributed by atoms with E-state index < -0.39 is 0 Å². The van der Waals surface area contributed by atoms with Crippen LogP contribution in [-0.2, 0) is 12.8 Å². The summed E-state index contributed by atoms with van der Waals surface area (Å²) in [6.45, 7) is 4.83. The Balaban J connectivity index is 1.92. The molecule has 1 amide bonds. The third kappa shape index (κ3) is 3.54. The lowest BCUT2D eigenvalue weighted by atomic mass is 9.99. The number of amides is 1. The van der Waals surface area contributed by atoms with E-state index in [4.69, 9.17) is 11.6 Å². The standard InChI is InChI=1S/C17H24ClNO/c1-3-12(4-2)16(18)11-19-17(20)15-9-8-13-6-5-7-14(13)10-15/h8-10,12,16H,3-7,11H2,1-2H3,(H,19,20). The molecule has 3 heteroatoms. The van der Waals surface area contributed by atoms with E-state index in [9.17, 15) is 4.79 Å². The van der Waals surface area contributed by atoms with Gasteiger partial charge in [-0.15, -0.1) is 11.6 Å². The SMILES string of the molecule is CCC(CC)C(Cl)CNC(=O)c1ccc2c(c1)CCC2. The Morgan fingerprint density at radius 2 is 1.95 bits per heavy atom. The quantitative estimate of drug-likeness (QED) is 0.791. The third-order valence-electron chi connectivity index (χ3n) is 4.38. The highest BCUT2D eigenvalue weighted by Crippen LogP contribution is 2.23. The Morgan fingerprint density at radius 3 is 2.65 bits per heavy atom. The fourth-order valence-corrected chi connectivity index (χ4v) is 3.41. The van der Waals surface area contributed by atoms with Crippen LogP contribution in [0.1, 0.15) is 54.6 Å². The molecule has 0 heterocycles. The smallest absolute Gasteiger partial charge is 0.251 e. The highest BCUT2D eigenvalue weighted by molar-refractivity contribution is 6.21. The summed E-state index contributed by atoms with van der Waals surface area (Å²) in [6.07, 6.45) is 5.57. The minimum absolute atomic E-state index is 0.00342. The fourth-order valence-electron chi connectivity index (χ4n) is 2.97. The molecular weight excluding hydrogens is 270 g/mol. The van der Waals surface area contributed by atoms with Crippen molar-refractivity contribution in [1.29, 1.82) is 0 Å². The van der Waals surface area contributed by atoms with Crippen LogP contribution in [0.5, 0.6) is 0 Å². The zero-order valence-electron chi connectivity index (χ0n) is 12.4. The average molecular weight is 294 g/mol. The topological polar surface area (TPSA) is 29.1 Å². The van der Waals surface area contributed by atoms with Crippen molar-refractivity contribution in [3.63, 3.8) is 0 Å². The summed E-state index contributed by atoms with van der Waals surface area (Å²) in [7, 11) is 0. The molecule has 1 N–H and O–H groups in total. The van der Waals surface area contributed by atoms with E-state index in [1.54, 1.807) is 0 Å². The molecule has 0 aliphatic heterocycles. The predicted octanol–water partition coefficient (Wildman–Crippen LogP) is 3.95. The first-order valence-electron chi connectivity index (χ1n) is 7.69. The molecule has 20 heavy (non-hydrogen) atoms. The summed E-state index contributed by atoms with van der Waals surface area (Å²) < 4.78 is 0. The van der Waals surface area contributed by atoms with Gasteiger partial charge < -0.3 is 5.32 Å². The number of carbonyl (C=O) groups is 1.